The zero-order valence-electron chi connectivity index (χ0n) is 16.4. The van der Waals surface area contributed by atoms with Gasteiger partial charge in [0.2, 0.25) is 5.91 Å². The second kappa shape index (κ2) is 8.83. The van der Waals surface area contributed by atoms with E-state index in [0.717, 1.165) is 0 Å². The normalized spacial score (nSPS) is 11.3. The highest BCUT2D eigenvalue weighted by Crippen LogP contribution is 2.15. The monoisotopic (exact) mass is 349 g/mol. The predicted octanol–water partition coefficient (Wildman–Crippen LogP) is 3.02. The fourth-order valence-electron chi connectivity index (χ4n) is 3.03. The molecule has 1 N–H and O–H groups in total. The Labute approximate surface area is 150 Å². The molecule has 140 valence electrons. The molecule has 6 heteroatoms. The highest BCUT2D eigenvalue weighted by molar-refractivity contribution is 5.97. The average Bonchev–Trinajstić information content (AvgIpc) is 2.51. The van der Waals surface area contributed by atoms with Gasteiger partial charge in [0, 0.05) is 31.2 Å². The smallest absolute Gasteiger partial charge is 0.274 e. The molecule has 0 spiro atoms. The summed E-state index contributed by atoms with van der Waals surface area (Å²) in [6.45, 7) is 11.7. The fourth-order valence-corrected chi connectivity index (χ4v) is 3.03. The van der Waals surface area contributed by atoms with Crippen molar-refractivity contribution in [3.63, 3.8) is 0 Å². The van der Waals surface area contributed by atoms with Crippen LogP contribution in [-0.2, 0) is 11.8 Å². The average molecular weight is 349 g/mol. The number of aryl methyl sites for hydroxylation is 1. The maximum Gasteiger partial charge on any atom is 0.274 e. The minimum Gasteiger partial charge on any atom is -0.334 e. The quantitative estimate of drug-likeness (QED) is 0.822. The van der Waals surface area contributed by atoms with Gasteiger partial charge >= 0.3 is 0 Å². The lowest BCUT2D eigenvalue weighted by molar-refractivity contribution is -0.120. The summed E-state index contributed by atoms with van der Waals surface area (Å²) >= 11 is 0. The molecule has 0 radical (unpaired) electrons. The Morgan fingerprint density at radius 3 is 2.08 bits per heavy atom. The van der Waals surface area contributed by atoms with Gasteiger partial charge in [0.15, 0.2) is 0 Å². The third kappa shape index (κ3) is 4.94. The number of nitrogens with one attached hydrogen (secondary N) is 1. The molecule has 1 aromatic heterocycles. The van der Waals surface area contributed by atoms with E-state index < -0.39 is 0 Å². The van der Waals surface area contributed by atoms with Crippen LogP contribution in [0.25, 0.3) is 0 Å². The minimum absolute atomic E-state index is 0.0346. The maximum absolute atomic E-state index is 12.9. The molecule has 0 aromatic carbocycles. The Morgan fingerprint density at radius 1 is 1.12 bits per heavy atom. The van der Waals surface area contributed by atoms with Crippen LogP contribution in [0.4, 0.5) is 5.69 Å². The SMILES string of the molecule is CCC(CC)C(=O)Nc1cc(C(=O)N(C(C)C)C(C)C)cn(C)c1=O. The van der Waals surface area contributed by atoms with E-state index in [4.69, 9.17) is 0 Å². The van der Waals surface area contributed by atoms with Crippen molar-refractivity contribution < 1.29 is 9.59 Å². The van der Waals surface area contributed by atoms with Crippen LogP contribution in [0.15, 0.2) is 17.1 Å². The molecule has 0 saturated heterocycles. The molecule has 0 unspecified atom stereocenters. The summed E-state index contributed by atoms with van der Waals surface area (Å²) in [7, 11) is 1.58. The van der Waals surface area contributed by atoms with Gasteiger partial charge < -0.3 is 14.8 Å². The molecule has 0 aliphatic rings. The van der Waals surface area contributed by atoms with Crippen LogP contribution in [0.2, 0.25) is 0 Å². The van der Waals surface area contributed by atoms with Crippen LogP contribution >= 0.6 is 0 Å². The van der Waals surface area contributed by atoms with Gasteiger partial charge in [-0.1, -0.05) is 13.8 Å². The van der Waals surface area contributed by atoms with Crippen LogP contribution in [0, 0.1) is 5.92 Å². The molecule has 0 aliphatic carbocycles. The third-order valence-electron chi connectivity index (χ3n) is 4.39. The second-order valence-corrected chi connectivity index (χ2v) is 6.96. The van der Waals surface area contributed by atoms with E-state index in [9.17, 15) is 14.4 Å². The molecule has 25 heavy (non-hydrogen) atoms. The van der Waals surface area contributed by atoms with Gasteiger partial charge in [0.05, 0.1) is 5.56 Å². The van der Waals surface area contributed by atoms with E-state index in [2.05, 4.69) is 5.32 Å². The summed E-state index contributed by atoms with van der Waals surface area (Å²) in [6.07, 6.45) is 2.93. The number of amides is 2. The lowest BCUT2D eigenvalue weighted by Gasteiger charge is -2.31. The number of rotatable bonds is 7. The molecule has 0 bridgehead atoms. The van der Waals surface area contributed by atoms with Crippen molar-refractivity contribution in [2.45, 2.75) is 66.5 Å². The van der Waals surface area contributed by atoms with Crippen molar-refractivity contribution in [1.29, 1.82) is 0 Å². The van der Waals surface area contributed by atoms with Gasteiger partial charge in [-0.2, -0.15) is 0 Å². The van der Waals surface area contributed by atoms with E-state index >= 15 is 0 Å². The van der Waals surface area contributed by atoms with Crippen LogP contribution in [0.5, 0.6) is 0 Å². The molecular formula is C19H31N3O3. The van der Waals surface area contributed by atoms with Crippen molar-refractivity contribution >= 4 is 17.5 Å². The summed E-state index contributed by atoms with van der Waals surface area (Å²) in [6, 6.07) is 1.56. The summed E-state index contributed by atoms with van der Waals surface area (Å²) in [4.78, 5) is 39.3. The van der Waals surface area contributed by atoms with E-state index in [-0.39, 0.29) is 41.1 Å². The number of hydrogen-bond donors (Lipinski definition) is 1. The second-order valence-electron chi connectivity index (χ2n) is 6.96. The van der Waals surface area contributed by atoms with E-state index in [0.29, 0.717) is 18.4 Å². The first kappa shape index (κ1) is 20.9. The van der Waals surface area contributed by atoms with E-state index in [1.807, 2.05) is 41.5 Å². The zero-order chi connectivity index (χ0) is 19.3. The molecular weight excluding hydrogens is 318 g/mol. The Morgan fingerprint density at radius 2 is 1.64 bits per heavy atom. The van der Waals surface area contributed by atoms with Crippen LogP contribution in [0.3, 0.4) is 0 Å². The van der Waals surface area contributed by atoms with Gasteiger partial charge in [-0.25, -0.2) is 0 Å². The van der Waals surface area contributed by atoms with Crippen LogP contribution < -0.4 is 10.9 Å². The van der Waals surface area contributed by atoms with Crippen molar-refractivity contribution in [1.82, 2.24) is 9.47 Å². The minimum atomic E-state index is -0.323. The van der Waals surface area contributed by atoms with Crippen molar-refractivity contribution in [2.24, 2.45) is 13.0 Å². The molecule has 0 aliphatic heterocycles. The van der Waals surface area contributed by atoms with E-state index in [1.54, 1.807) is 11.9 Å². The van der Waals surface area contributed by atoms with Crippen molar-refractivity contribution in [3.05, 3.63) is 28.2 Å². The first-order valence-corrected chi connectivity index (χ1v) is 8.98. The van der Waals surface area contributed by atoms with Crippen LogP contribution in [0.1, 0.15) is 64.7 Å². The lowest BCUT2D eigenvalue weighted by Crippen LogP contribution is -2.42. The highest BCUT2D eigenvalue weighted by Gasteiger charge is 2.24. The lowest BCUT2D eigenvalue weighted by atomic mass is 10.0. The number of carbonyl (C=O) groups is 2. The van der Waals surface area contributed by atoms with E-state index in [1.165, 1.54) is 16.8 Å². The van der Waals surface area contributed by atoms with Gasteiger partial charge in [-0.15, -0.1) is 0 Å². The molecule has 1 aromatic rings. The summed E-state index contributed by atoms with van der Waals surface area (Å²) in [5, 5.41) is 2.70. The molecule has 1 rings (SSSR count). The Kier molecular flexibility index (Phi) is 7.39. The standard InChI is InChI=1S/C19H31N3O3/c1-8-14(9-2)17(23)20-16-10-15(11-21(7)19(16)25)18(24)22(12(3)4)13(5)6/h10-14H,8-9H2,1-7H3,(H,20,23). The Bertz CT molecular complexity index is 665. The first-order valence-electron chi connectivity index (χ1n) is 8.98. The van der Waals surface area contributed by atoms with Crippen molar-refractivity contribution in [2.75, 3.05) is 5.32 Å². The summed E-state index contributed by atoms with van der Waals surface area (Å²) in [5.74, 6) is -0.484. The Hall–Kier alpha value is -2.11. The molecule has 1 heterocycles. The fraction of sp³-hybridized carbons (Fsp3) is 0.632. The number of anilines is 1. The highest BCUT2D eigenvalue weighted by atomic mass is 16.2. The molecule has 2 amide bonds. The number of aromatic nitrogens is 1. The predicted molar refractivity (Wildman–Crippen MR) is 101 cm³/mol. The Balaban J connectivity index is 3.25. The summed E-state index contributed by atoms with van der Waals surface area (Å²) in [5.41, 5.74) is 0.221. The van der Waals surface area contributed by atoms with Gasteiger partial charge in [0.1, 0.15) is 5.69 Å². The van der Waals surface area contributed by atoms with Crippen LogP contribution in [-0.4, -0.2) is 33.4 Å². The third-order valence-corrected chi connectivity index (χ3v) is 4.39. The molecule has 0 fully saturated rings. The topological polar surface area (TPSA) is 71.4 Å². The summed E-state index contributed by atoms with van der Waals surface area (Å²) < 4.78 is 1.34. The molecule has 0 saturated carbocycles. The number of carbonyl (C=O) groups excluding carboxylic acids is 2. The largest absolute Gasteiger partial charge is 0.334 e. The zero-order valence-corrected chi connectivity index (χ0v) is 16.4. The van der Waals surface area contributed by atoms with Gasteiger partial charge in [-0.3, -0.25) is 14.4 Å². The van der Waals surface area contributed by atoms with Crippen molar-refractivity contribution in [3.8, 4) is 0 Å². The molecule has 6 nitrogen and oxygen atoms in total. The van der Waals surface area contributed by atoms with Gasteiger partial charge in [-0.05, 0) is 46.6 Å². The maximum atomic E-state index is 12.9. The number of hydrogen-bond acceptors (Lipinski definition) is 3. The number of nitrogens with zero attached hydrogens (tertiary/aromatic N) is 2. The first-order chi connectivity index (χ1) is 11.6. The molecule has 0 atom stereocenters. The van der Waals surface area contributed by atoms with Gasteiger partial charge in [0.25, 0.3) is 11.5 Å². The number of pyridine rings is 1.